The minimum absolute atomic E-state index is 0.120. The highest BCUT2D eigenvalue weighted by molar-refractivity contribution is 4.75. The maximum absolute atomic E-state index is 9.89. The maximum atomic E-state index is 9.89. The molecule has 1 saturated heterocycles. The fourth-order valence-electron chi connectivity index (χ4n) is 2.06. The molecule has 0 aromatic carbocycles. The Morgan fingerprint density at radius 1 is 1.47 bits per heavy atom. The first kappa shape index (κ1) is 13.0. The van der Waals surface area contributed by atoms with Crippen molar-refractivity contribution >= 4 is 0 Å². The van der Waals surface area contributed by atoms with Crippen molar-refractivity contribution in [3.05, 3.63) is 0 Å². The van der Waals surface area contributed by atoms with E-state index in [4.69, 9.17) is 4.74 Å². The van der Waals surface area contributed by atoms with Gasteiger partial charge in [-0.15, -0.1) is 0 Å². The molecule has 2 unspecified atom stereocenters. The van der Waals surface area contributed by atoms with Gasteiger partial charge in [-0.25, -0.2) is 0 Å². The van der Waals surface area contributed by atoms with Crippen LogP contribution in [0.3, 0.4) is 0 Å². The normalized spacial score (nSPS) is 24.4. The van der Waals surface area contributed by atoms with Crippen LogP contribution >= 0.6 is 0 Å². The van der Waals surface area contributed by atoms with E-state index < -0.39 is 0 Å². The van der Waals surface area contributed by atoms with E-state index in [1.165, 1.54) is 12.8 Å². The van der Waals surface area contributed by atoms with Gasteiger partial charge in [-0.1, -0.05) is 33.6 Å². The molecule has 0 amide bonds. The van der Waals surface area contributed by atoms with Crippen molar-refractivity contribution < 1.29 is 9.84 Å². The smallest absolute Gasteiger partial charge is 0.0834 e. The predicted octanol–water partition coefficient (Wildman–Crippen LogP) is 3.13. The van der Waals surface area contributed by atoms with Crippen LogP contribution in [0, 0.1) is 5.41 Å². The van der Waals surface area contributed by atoms with Gasteiger partial charge in [-0.05, 0) is 31.1 Å². The summed E-state index contributed by atoms with van der Waals surface area (Å²) in [5.41, 5.74) is 0.427. The minimum Gasteiger partial charge on any atom is -0.390 e. The zero-order valence-corrected chi connectivity index (χ0v) is 10.5. The first-order chi connectivity index (χ1) is 7.05. The van der Waals surface area contributed by atoms with Gasteiger partial charge in [0, 0.05) is 6.61 Å². The predicted molar refractivity (Wildman–Crippen MR) is 62.9 cm³/mol. The van der Waals surface area contributed by atoms with Gasteiger partial charge in [0.05, 0.1) is 12.2 Å². The van der Waals surface area contributed by atoms with Crippen LogP contribution in [0.1, 0.15) is 59.3 Å². The molecule has 1 N–H and O–H groups in total. The van der Waals surface area contributed by atoms with Crippen molar-refractivity contribution in [2.24, 2.45) is 5.41 Å². The number of aliphatic hydroxyl groups is 1. The van der Waals surface area contributed by atoms with Gasteiger partial charge in [0.25, 0.3) is 0 Å². The largest absolute Gasteiger partial charge is 0.390 e. The number of hydrogen-bond donors (Lipinski definition) is 1. The maximum Gasteiger partial charge on any atom is 0.0834 e. The third-order valence-corrected chi connectivity index (χ3v) is 3.70. The Morgan fingerprint density at radius 2 is 2.20 bits per heavy atom. The molecular formula is C13H26O2. The Bertz CT molecular complexity index is 171. The van der Waals surface area contributed by atoms with Crippen LogP contribution in [-0.2, 0) is 4.74 Å². The summed E-state index contributed by atoms with van der Waals surface area (Å²) in [5.74, 6) is 0. The molecular weight excluding hydrogens is 188 g/mol. The Kier molecular flexibility index (Phi) is 5.07. The zero-order valence-electron chi connectivity index (χ0n) is 10.5. The molecule has 2 atom stereocenters. The lowest BCUT2D eigenvalue weighted by Gasteiger charge is -2.24. The lowest BCUT2D eigenvalue weighted by Crippen LogP contribution is -2.25. The third kappa shape index (κ3) is 4.52. The van der Waals surface area contributed by atoms with E-state index >= 15 is 0 Å². The lowest BCUT2D eigenvalue weighted by atomic mass is 9.84. The molecule has 1 heterocycles. The van der Waals surface area contributed by atoms with Gasteiger partial charge >= 0.3 is 0 Å². The molecule has 1 fully saturated rings. The molecule has 0 aromatic heterocycles. The van der Waals surface area contributed by atoms with E-state index in [1.54, 1.807) is 0 Å². The van der Waals surface area contributed by atoms with Crippen molar-refractivity contribution in [3.8, 4) is 0 Å². The summed E-state index contributed by atoms with van der Waals surface area (Å²) in [6.45, 7) is 7.66. The molecule has 0 radical (unpaired) electrons. The molecule has 1 rings (SSSR count). The van der Waals surface area contributed by atoms with Crippen molar-refractivity contribution in [1.82, 2.24) is 0 Å². The average Bonchev–Trinajstić information content (AvgIpc) is 2.70. The molecule has 0 spiro atoms. The summed E-state index contributed by atoms with van der Waals surface area (Å²) in [7, 11) is 0. The highest BCUT2D eigenvalue weighted by atomic mass is 16.5. The minimum atomic E-state index is -0.236. The Balaban J connectivity index is 2.13. The van der Waals surface area contributed by atoms with Crippen molar-refractivity contribution in [3.63, 3.8) is 0 Å². The standard InChI is InChI=1S/C13H26O2/c1-4-13(2,3)9-5-7-11(14)12-8-6-10-15-12/h11-12,14H,4-10H2,1-3H3. The van der Waals surface area contributed by atoms with Crippen LogP contribution in [-0.4, -0.2) is 23.9 Å². The van der Waals surface area contributed by atoms with Gasteiger partial charge in [-0.2, -0.15) is 0 Å². The quantitative estimate of drug-likeness (QED) is 0.736. The van der Waals surface area contributed by atoms with Crippen LogP contribution in [0.4, 0.5) is 0 Å². The average molecular weight is 214 g/mol. The Labute approximate surface area is 94.0 Å². The molecule has 0 aliphatic carbocycles. The van der Waals surface area contributed by atoms with Crippen LogP contribution in [0.5, 0.6) is 0 Å². The fourth-order valence-corrected chi connectivity index (χ4v) is 2.06. The number of aliphatic hydroxyl groups excluding tert-OH is 1. The Hall–Kier alpha value is -0.0800. The number of hydrogen-bond acceptors (Lipinski definition) is 2. The van der Waals surface area contributed by atoms with Gasteiger partial charge in [-0.3, -0.25) is 0 Å². The molecule has 15 heavy (non-hydrogen) atoms. The molecule has 2 heteroatoms. The summed E-state index contributed by atoms with van der Waals surface area (Å²) in [6.07, 6.45) is 6.46. The van der Waals surface area contributed by atoms with Gasteiger partial charge in [0.15, 0.2) is 0 Å². The molecule has 1 aliphatic rings. The summed E-state index contributed by atoms with van der Waals surface area (Å²) < 4.78 is 5.47. The van der Waals surface area contributed by atoms with E-state index in [1.807, 2.05) is 0 Å². The first-order valence-electron chi connectivity index (χ1n) is 6.35. The zero-order chi connectivity index (χ0) is 11.3. The van der Waals surface area contributed by atoms with Crippen molar-refractivity contribution in [1.29, 1.82) is 0 Å². The second-order valence-electron chi connectivity index (χ2n) is 5.53. The van der Waals surface area contributed by atoms with Crippen molar-refractivity contribution in [2.45, 2.75) is 71.5 Å². The molecule has 0 bridgehead atoms. The summed E-state index contributed by atoms with van der Waals surface area (Å²) >= 11 is 0. The van der Waals surface area contributed by atoms with Crippen LogP contribution in [0.15, 0.2) is 0 Å². The summed E-state index contributed by atoms with van der Waals surface area (Å²) in [4.78, 5) is 0. The second kappa shape index (κ2) is 5.86. The SMILES string of the molecule is CCC(C)(C)CCCC(O)C1CCCO1. The Morgan fingerprint density at radius 3 is 2.73 bits per heavy atom. The van der Waals surface area contributed by atoms with E-state index in [0.717, 1.165) is 32.3 Å². The molecule has 0 aromatic rings. The van der Waals surface area contributed by atoms with E-state index in [9.17, 15) is 5.11 Å². The van der Waals surface area contributed by atoms with Crippen LogP contribution < -0.4 is 0 Å². The van der Waals surface area contributed by atoms with Gasteiger partial charge < -0.3 is 9.84 Å². The topological polar surface area (TPSA) is 29.5 Å². The third-order valence-electron chi connectivity index (χ3n) is 3.70. The van der Waals surface area contributed by atoms with E-state index in [0.29, 0.717) is 5.41 Å². The molecule has 90 valence electrons. The fraction of sp³-hybridized carbons (Fsp3) is 1.00. The number of ether oxygens (including phenoxy) is 1. The summed E-state index contributed by atoms with van der Waals surface area (Å²) in [6, 6.07) is 0. The highest BCUT2D eigenvalue weighted by Crippen LogP contribution is 2.28. The van der Waals surface area contributed by atoms with Crippen LogP contribution in [0.25, 0.3) is 0 Å². The van der Waals surface area contributed by atoms with E-state index in [2.05, 4.69) is 20.8 Å². The second-order valence-corrected chi connectivity index (χ2v) is 5.53. The van der Waals surface area contributed by atoms with Crippen molar-refractivity contribution in [2.75, 3.05) is 6.61 Å². The molecule has 0 saturated carbocycles. The number of rotatable bonds is 6. The van der Waals surface area contributed by atoms with E-state index in [-0.39, 0.29) is 12.2 Å². The first-order valence-corrected chi connectivity index (χ1v) is 6.35. The molecule has 2 nitrogen and oxygen atoms in total. The van der Waals surface area contributed by atoms with Gasteiger partial charge in [0.2, 0.25) is 0 Å². The summed E-state index contributed by atoms with van der Waals surface area (Å²) in [5, 5.41) is 9.89. The monoisotopic (exact) mass is 214 g/mol. The molecule has 1 aliphatic heterocycles. The lowest BCUT2D eigenvalue weighted by molar-refractivity contribution is -0.00744. The van der Waals surface area contributed by atoms with Crippen LogP contribution in [0.2, 0.25) is 0 Å². The highest BCUT2D eigenvalue weighted by Gasteiger charge is 2.24. The van der Waals surface area contributed by atoms with Gasteiger partial charge in [0.1, 0.15) is 0 Å².